The fourth-order valence-corrected chi connectivity index (χ4v) is 12.0. The lowest BCUT2D eigenvalue weighted by molar-refractivity contribution is -0.199. The predicted molar refractivity (Wildman–Crippen MR) is 223 cm³/mol. The van der Waals surface area contributed by atoms with Crippen LogP contribution in [-0.2, 0) is 16.1 Å². The molecule has 13 heteroatoms. The van der Waals surface area contributed by atoms with Crippen molar-refractivity contribution in [2.75, 3.05) is 31.1 Å². The number of imide groups is 2. The first-order chi connectivity index (χ1) is 28.6. The molecule has 3 saturated heterocycles. The maximum Gasteiger partial charge on any atom is 0.262 e. The van der Waals surface area contributed by atoms with Crippen LogP contribution in [0, 0.1) is 40.6 Å². The fourth-order valence-electron chi connectivity index (χ4n) is 11.8. The number of amides is 5. The van der Waals surface area contributed by atoms with E-state index >= 15 is 0 Å². The monoisotopic (exact) mass is 824 g/mol. The Bertz CT molecular complexity index is 2530. The van der Waals surface area contributed by atoms with E-state index in [-0.39, 0.29) is 47.1 Å². The number of fused-ring (bicyclic) bond motifs is 2. The lowest BCUT2D eigenvalue weighted by atomic mass is 9.49. The van der Waals surface area contributed by atoms with E-state index in [9.17, 15) is 24.0 Å². The van der Waals surface area contributed by atoms with Gasteiger partial charge in [-0.05, 0) is 73.4 Å². The van der Waals surface area contributed by atoms with E-state index < -0.39 is 29.7 Å². The van der Waals surface area contributed by atoms with Gasteiger partial charge in [-0.15, -0.1) is 0 Å². The quantitative estimate of drug-likeness (QED) is 0.180. The molecule has 0 bridgehead atoms. The minimum Gasteiger partial charge on any atom is -0.489 e. The van der Waals surface area contributed by atoms with Crippen LogP contribution in [0.15, 0.2) is 54.6 Å². The maximum atomic E-state index is 13.8. The number of nitrogens with zero attached hydrogens (tertiary/aromatic N) is 5. The molecular formula is C47H45ClN6O6. The largest absolute Gasteiger partial charge is 0.489 e. The SMILES string of the molecule is [C-]#[N+]c1ccc(OC2C(C)(C)C(N3Cc4cc(C#CC5CN(C6CC7(C6)CN(c6ccc8c(c6)C(=O)N(C6CCC(=O)NC6=O)C8=O)C7)C5)ccc4C3=O)C2(C)C)cc1Cl. The highest BCUT2D eigenvalue weighted by atomic mass is 35.5. The molecule has 1 N–H and O–H groups in total. The van der Waals surface area contributed by atoms with E-state index in [4.69, 9.17) is 22.9 Å². The lowest BCUT2D eigenvalue weighted by Crippen LogP contribution is -2.74. The number of rotatable bonds is 6. The number of anilines is 1. The van der Waals surface area contributed by atoms with E-state index in [1.165, 1.54) is 0 Å². The average molecular weight is 825 g/mol. The van der Waals surface area contributed by atoms with Gasteiger partial charge < -0.3 is 14.5 Å². The summed E-state index contributed by atoms with van der Waals surface area (Å²) in [6, 6.07) is 16.0. The van der Waals surface area contributed by atoms with Crippen LogP contribution in [0.1, 0.15) is 95.6 Å². The van der Waals surface area contributed by atoms with Crippen LogP contribution in [0.5, 0.6) is 5.75 Å². The normalized spacial score (nSPS) is 26.2. The zero-order valence-electron chi connectivity index (χ0n) is 34.0. The number of nitrogens with one attached hydrogen (secondary N) is 1. The number of ether oxygens (including phenoxy) is 1. The number of carbonyl (C=O) groups excluding carboxylic acids is 5. The Kier molecular flexibility index (Phi) is 8.60. The molecule has 1 unspecified atom stereocenters. The van der Waals surface area contributed by atoms with Crippen molar-refractivity contribution in [1.82, 2.24) is 20.0 Å². The summed E-state index contributed by atoms with van der Waals surface area (Å²) in [7, 11) is 0. The Morgan fingerprint density at radius 2 is 1.58 bits per heavy atom. The van der Waals surface area contributed by atoms with Crippen LogP contribution in [0.4, 0.5) is 11.4 Å². The lowest BCUT2D eigenvalue weighted by Gasteiger charge is -2.65. The zero-order valence-corrected chi connectivity index (χ0v) is 34.8. The summed E-state index contributed by atoms with van der Waals surface area (Å²) in [6.45, 7) is 20.1. The van der Waals surface area contributed by atoms with Gasteiger partial charge in [0.1, 0.15) is 17.9 Å². The molecule has 0 radical (unpaired) electrons. The second kappa shape index (κ2) is 13.4. The summed E-state index contributed by atoms with van der Waals surface area (Å²) in [4.78, 5) is 75.5. The van der Waals surface area contributed by atoms with Gasteiger partial charge in [0.25, 0.3) is 17.7 Å². The summed E-state index contributed by atoms with van der Waals surface area (Å²) < 4.78 is 6.48. The van der Waals surface area contributed by atoms with E-state index in [2.05, 4.69) is 65.6 Å². The number of piperidine rings is 1. The third-order valence-electron chi connectivity index (χ3n) is 14.3. The highest BCUT2D eigenvalue weighted by molar-refractivity contribution is 6.33. The minimum absolute atomic E-state index is 0.0401. The molecule has 306 valence electrons. The van der Waals surface area contributed by atoms with Gasteiger partial charge in [0.15, 0.2) is 0 Å². The first-order valence-electron chi connectivity index (χ1n) is 20.7. The molecule has 2 saturated carbocycles. The number of hydrogen-bond acceptors (Lipinski definition) is 8. The highest BCUT2D eigenvalue weighted by Crippen LogP contribution is 2.59. The van der Waals surface area contributed by atoms with Crippen LogP contribution in [-0.4, -0.2) is 94.6 Å². The molecular weight excluding hydrogens is 780 g/mol. The Morgan fingerprint density at radius 1 is 0.867 bits per heavy atom. The van der Waals surface area contributed by atoms with Crippen LogP contribution in [0.3, 0.4) is 0 Å². The van der Waals surface area contributed by atoms with E-state index in [1.807, 2.05) is 23.1 Å². The molecule has 5 amide bonds. The molecule has 1 spiro atoms. The number of benzene rings is 3. The molecule has 0 aromatic heterocycles. The third kappa shape index (κ3) is 5.86. The number of halogens is 1. The maximum absolute atomic E-state index is 13.8. The van der Waals surface area contributed by atoms with E-state index in [1.54, 1.807) is 30.3 Å². The number of likely N-dealkylation sites (tertiary alicyclic amines) is 1. The summed E-state index contributed by atoms with van der Waals surface area (Å²) in [6.07, 6.45) is 2.31. The Hall–Kier alpha value is -5.69. The Morgan fingerprint density at radius 3 is 2.28 bits per heavy atom. The first-order valence-corrected chi connectivity index (χ1v) is 21.1. The van der Waals surface area contributed by atoms with Gasteiger partial charge in [-0.1, -0.05) is 57.2 Å². The van der Waals surface area contributed by atoms with Crippen molar-refractivity contribution < 1.29 is 28.7 Å². The van der Waals surface area contributed by atoms with Crippen LogP contribution in [0.2, 0.25) is 5.02 Å². The van der Waals surface area contributed by atoms with E-state index in [0.29, 0.717) is 46.1 Å². The Labute approximate surface area is 354 Å². The second-order valence-corrected chi connectivity index (χ2v) is 19.5. The van der Waals surface area contributed by atoms with Crippen molar-refractivity contribution in [3.05, 3.63) is 98.9 Å². The van der Waals surface area contributed by atoms with Crippen LogP contribution in [0.25, 0.3) is 4.85 Å². The van der Waals surface area contributed by atoms with Crippen molar-refractivity contribution in [1.29, 1.82) is 0 Å². The molecule has 2 aliphatic carbocycles. The summed E-state index contributed by atoms with van der Waals surface area (Å²) in [5.41, 5.74) is 4.16. The standard InChI is InChI=1S/C47H45ClN6O6/c1-45(2)43(46(3,4)44(45)60-31-10-13-36(49-5)35(48)18-31)53-23-28-16-26(8-11-32(28)40(53)57)6-7-27-21-51(22-27)30-19-47(20-30)24-52(25-47)29-9-12-33-34(17-29)42(59)54(41(33)58)37-14-15-38(55)50-39(37)56/h8-13,16-18,27,30,37,43-44H,14-15,19-25H2,1-4H3,(H,50,55,56). The van der Waals surface area contributed by atoms with Crippen LogP contribution >= 0.6 is 11.6 Å². The smallest absolute Gasteiger partial charge is 0.262 e. The van der Waals surface area contributed by atoms with Gasteiger partial charge in [0, 0.05) is 90.2 Å². The van der Waals surface area contributed by atoms with Crippen molar-refractivity contribution >= 4 is 52.5 Å². The molecule has 1 atom stereocenters. The van der Waals surface area contributed by atoms with Crippen LogP contribution < -0.4 is 15.0 Å². The third-order valence-corrected chi connectivity index (χ3v) is 14.6. The Balaban J connectivity index is 0.708. The summed E-state index contributed by atoms with van der Waals surface area (Å²) in [5, 5.41) is 2.61. The minimum atomic E-state index is -0.970. The topological polar surface area (TPSA) is 124 Å². The van der Waals surface area contributed by atoms with Crippen molar-refractivity contribution in [3.8, 4) is 17.6 Å². The van der Waals surface area contributed by atoms with E-state index in [0.717, 1.165) is 66.3 Å². The molecule has 5 heterocycles. The fraction of sp³-hybridized carbons (Fsp3) is 0.447. The molecule has 10 rings (SSSR count). The van der Waals surface area contributed by atoms with Gasteiger partial charge in [-0.2, -0.15) is 0 Å². The molecule has 5 aliphatic heterocycles. The zero-order chi connectivity index (χ0) is 42.0. The second-order valence-electron chi connectivity index (χ2n) is 19.1. The number of carbonyl (C=O) groups is 5. The van der Waals surface area contributed by atoms with Crippen molar-refractivity contribution in [2.24, 2.45) is 22.2 Å². The molecule has 7 aliphatic rings. The van der Waals surface area contributed by atoms with Gasteiger partial charge in [-0.25, -0.2) is 4.85 Å². The molecule has 5 fully saturated rings. The first kappa shape index (κ1) is 38.5. The van der Waals surface area contributed by atoms with Crippen molar-refractivity contribution in [2.45, 2.75) is 84.2 Å². The van der Waals surface area contributed by atoms with Gasteiger partial charge in [-0.3, -0.25) is 39.1 Å². The predicted octanol–water partition coefficient (Wildman–Crippen LogP) is 6.08. The summed E-state index contributed by atoms with van der Waals surface area (Å²) in [5.74, 6) is 5.89. The molecule has 12 nitrogen and oxygen atoms in total. The van der Waals surface area contributed by atoms with Crippen molar-refractivity contribution in [3.63, 3.8) is 0 Å². The molecule has 60 heavy (non-hydrogen) atoms. The van der Waals surface area contributed by atoms with Gasteiger partial charge in [0.05, 0.1) is 22.7 Å². The number of hydrogen-bond donors (Lipinski definition) is 1. The molecule has 3 aromatic carbocycles. The van der Waals surface area contributed by atoms with Gasteiger partial charge >= 0.3 is 0 Å². The van der Waals surface area contributed by atoms with Gasteiger partial charge in [0.2, 0.25) is 17.5 Å². The molecule has 3 aromatic rings. The summed E-state index contributed by atoms with van der Waals surface area (Å²) >= 11 is 6.30. The highest BCUT2D eigenvalue weighted by Gasteiger charge is 2.67. The average Bonchev–Trinajstić information content (AvgIpc) is 3.59.